The lowest BCUT2D eigenvalue weighted by molar-refractivity contribution is -0.0364. The largest absolute Gasteiger partial charge is 0.388 e. The fraction of sp³-hybridized carbons (Fsp3) is 0.417. The van der Waals surface area contributed by atoms with Gasteiger partial charge in [0.25, 0.3) is 5.56 Å². The van der Waals surface area contributed by atoms with Crippen molar-refractivity contribution in [3.8, 4) is 5.69 Å². The lowest BCUT2D eigenvalue weighted by atomic mass is 9.91. The molecule has 1 aromatic carbocycles. The van der Waals surface area contributed by atoms with Crippen LogP contribution in [0, 0.1) is 5.82 Å². The van der Waals surface area contributed by atoms with Gasteiger partial charge >= 0.3 is 0 Å². The number of aromatic nitrogens is 6. The molecule has 0 bridgehead atoms. The van der Waals surface area contributed by atoms with E-state index in [1.165, 1.54) is 29.2 Å². The van der Waals surface area contributed by atoms with Gasteiger partial charge in [0.05, 0.1) is 36.8 Å². The number of hydrogen-bond acceptors (Lipinski definition) is 6. The molecule has 1 saturated heterocycles. The van der Waals surface area contributed by atoms with Crippen molar-refractivity contribution in [3.63, 3.8) is 0 Å². The van der Waals surface area contributed by atoms with Crippen LogP contribution in [0.5, 0.6) is 0 Å². The number of fused-ring (bicyclic) bond motifs is 1. The Kier molecular flexibility index (Phi) is 5.07. The van der Waals surface area contributed by atoms with Gasteiger partial charge in [-0.05, 0) is 43.4 Å². The number of nitrogens with zero attached hydrogens (tertiary/aromatic N) is 7. The smallest absolute Gasteiger partial charge is 0.264 e. The number of hydrogen-bond donors (Lipinski definition) is 1. The number of likely N-dealkylation sites (tertiary alicyclic amines) is 1. The van der Waals surface area contributed by atoms with Gasteiger partial charge in [-0.25, -0.2) is 14.1 Å². The molecule has 0 unspecified atom stereocenters. The van der Waals surface area contributed by atoms with E-state index in [-0.39, 0.29) is 17.9 Å². The van der Waals surface area contributed by atoms with E-state index in [1.807, 2.05) is 10.9 Å². The minimum atomic E-state index is -0.986. The Bertz CT molecular complexity index is 1380. The second kappa shape index (κ2) is 8.14. The highest BCUT2D eigenvalue weighted by Crippen LogP contribution is 2.34. The van der Waals surface area contributed by atoms with Crippen LogP contribution in [0.3, 0.4) is 0 Å². The molecule has 176 valence electrons. The van der Waals surface area contributed by atoms with E-state index in [4.69, 9.17) is 0 Å². The van der Waals surface area contributed by atoms with Crippen molar-refractivity contribution >= 4 is 11.0 Å². The topological polar surface area (TPSA) is 94.0 Å². The minimum Gasteiger partial charge on any atom is -0.388 e. The lowest BCUT2D eigenvalue weighted by Crippen LogP contribution is -2.47. The first-order chi connectivity index (χ1) is 16.5. The maximum absolute atomic E-state index is 13.1. The SMILES string of the molecule is O=c1c2cnn(-c3cnn(C4CC4)c3)c2ncn1CC1(O)CCN(Cc2ccc(F)cc2)CC1. The monoisotopic (exact) mass is 463 g/mol. The molecule has 0 atom stereocenters. The highest BCUT2D eigenvalue weighted by Gasteiger charge is 2.33. The maximum Gasteiger partial charge on any atom is 0.264 e. The molecule has 1 aliphatic heterocycles. The summed E-state index contributed by atoms with van der Waals surface area (Å²) in [7, 11) is 0. The summed E-state index contributed by atoms with van der Waals surface area (Å²) in [6.45, 7) is 2.28. The van der Waals surface area contributed by atoms with Gasteiger partial charge in [-0.2, -0.15) is 10.2 Å². The normalized spacial score (nSPS) is 18.5. The molecular formula is C24H26FN7O2. The fourth-order valence-corrected chi connectivity index (χ4v) is 4.68. The second-order valence-corrected chi connectivity index (χ2v) is 9.51. The molecule has 9 nitrogen and oxygen atoms in total. The molecule has 1 N–H and O–H groups in total. The number of halogens is 1. The molecule has 2 aliphatic rings. The van der Waals surface area contributed by atoms with Crippen molar-refractivity contribution in [1.29, 1.82) is 0 Å². The molecule has 0 radical (unpaired) electrons. The first-order valence-electron chi connectivity index (χ1n) is 11.6. The van der Waals surface area contributed by atoms with Gasteiger partial charge < -0.3 is 5.11 Å². The van der Waals surface area contributed by atoms with Gasteiger partial charge in [0.1, 0.15) is 23.2 Å². The van der Waals surface area contributed by atoms with E-state index < -0.39 is 5.60 Å². The summed E-state index contributed by atoms with van der Waals surface area (Å²) in [4.78, 5) is 19.9. The molecule has 4 aromatic rings. The van der Waals surface area contributed by atoms with Gasteiger partial charge in [-0.15, -0.1) is 0 Å². The molecule has 1 saturated carbocycles. The maximum atomic E-state index is 13.1. The summed E-state index contributed by atoms with van der Waals surface area (Å²) in [5.41, 5.74) is 1.10. The summed E-state index contributed by atoms with van der Waals surface area (Å²) in [5.74, 6) is -0.244. The Morgan fingerprint density at radius 3 is 2.59 bits per heavy atom. The number of piperidine rings is 1. The number of aliphatic hydroxyl groups is 1. The first-order valence-corrected chi connectivity index (χ1v) is 11.6. The van der Waals surface area contributed by atoms with Crippen LogP contribution in [0.2, 0.25) is 0 Å². The third-order valence-electron chi connectivity index (χ3n) is 6.88. The molecule has 1 aliphatic carbocycles. The number of benzene rings is 1. The van der Waals surface area contributed by atoms with Gasteiger partial charge in [0.15, 0.2) is 5.65 Å². The predicted molar refractivity (Wildman–Crippen MR) is 123 cm³/mol. The van der Waals surface area contributed by atoms with Crippen molar-refractivity contribution < 1.29 is 9.50 Å². The zero-order valence-electron chi connectivity index (χ0n) is 18.7. The van der Waals surface area contributed by atoms with Crippen molar-refractivity contribution in [2.24, 2.45) is 0 Å². The van der Waals surface area contributed by atoms with Crippen molar-refractivity contribution in [3.05, 3.63) is 70.9 Å². The van der Waals surface area contributed by atoms with Gasteiger partial charge in [0.2, 0.25) is 0 Å². The van der Waals surface area contributed by atoms with Crippen LogP contribution in [0.1, 0.15) is 37.3 Å². The molecular weight excluding hydrogens is 437 g/mol. The van der Waals surface area contributed by atoms with E-state index in [2.05, 4.69) is 20.1 Å². The van der Waals surface area contributed by atoms with Crippen LogP contribution in [0.15, 0.2) is 54.0 Å². The van der Waals surface area contributed by atoms with Crippen LogP contribution < -0.4 is 5.56 Å². The summed E-state index contributed by atoms with van der Waals surface area (Å²) < 4.78 is 18.2. The highest BCUT2D eigenvalue weighted by atomic mass is 19.1. The predicted octanol–water partition coefficient (Wildman–Crippen LogP) is 2.28. The van der Waals surface area contributed by atoms with Crippen LogP contribution in [0.4, 0.5) is 4.39 Å². The van der Waals surface area contributed by atoms with E-state index >= 15 is 0 Å². The third kappa shape index (κ3) is 4.03. The van der Waals surface area contributed by atoms with Crippen LogP contribution in [0.25, 0.3) is 16.7 Å². The molecule has 3 aromatic heterocycles. The van der Waals surface area contributed by atoms with Crippen molar-refractivity contribution in [2.75, 3.05) is 13.1 Å². The molecule has 0 amide bonds. The molecule has 6 rings (SSSR count). The van der Waals surface area contributed by atoms with Gasteiger partial charge in [-0.3, -0.25) is 18.9 Å². The Labute approximate surface area is 195 Å². The standard InChI is InChI=1S/C24H26FN7O2/c25-18-3-1-17(2-4-18)13-29-9-7-24(34,8-10-29)15-30-16-26-22-21(23(30)33)12-28-32(22)20-11-27-31(14-20)19-5-6-19/h1-4,11-12,14,16,19,34H,5-10,13,15H2. The molecule has 10 heteroatoms. The van der Waals surface area contributed by atoms with Gasteiger partial charge in [-0.1, -0.05) is 12.1 Å². The quantitative estimate of drug-likeness (QED) is 0.472. The average molecular weight is 464 g/mol. The molecule has 34 heavy (non-hydrogen) atoms. The average Bonchev–Trinajstić information content (AvgIpc) is 3.40. The zero-order valence-corrected chi connectivity index (χ0v) is 18.7. The molecule has 0 spiro atoms. The molecule has 2 fully saturated rings. The molecule has 4 heterocycles. The van der Waals surface area contributed by atoms with E-state index in [0.717, 1.165) is 24.1 Å². The summed E-state index contributed by atoms with van der Waals surface area (Å²) in [6.07, 6.45) is 10.0. The first kappa shape index (κ1) is 21.2. The van der Waals surface area contributed by atoms with Crippen molar-refractivity contribution in [1.82, 2.24) is 34.0 Å². The highest BCUT2D eigenvalue weighted by molar-refractivity contribution is 5.74. The Morgan fingerprint density at radius 2 is 1.85 bits per heavy atom. The summed E-state index contributed by atoms with van der Waals surface area (Å²) in [5, 5.41) is 20.4. The summed E-state index contributed by atoms with van der Waals surface area (Å²) >= 11 is 0. The van der Waals surface area contributed by atoms with E-state index in [1.54, 1.807) is 23.0 Å². The van der Waals surface area contributed by atoms with Crippen molar-refractivity contribution in [2.45, 2.75) is 50.4 Å². The third-order valence-corrected chi connectivity index (χ3v) is 6.88. The zero-order chi connectivity index (χ0) is 23.3. The number of rotatable bonds is 6. The summed E-state index contributed by atoms with van der Waals surface area (Å²) in [6, 6.07) is 6.96. The van der Waals surface area contributed by atoms with Crippen LogP contribution in [-0.2, 0) is 13.1 Å². The Hall–Kier alpha value is -3.37. The van der Waals surface area contributed by atoms with E-state index in [0.29, 0.717) is 49.6 Å². The Balaban J connectivity index is 1.16. The van der Waals surface area contributed by atoms with Crippen LogP contribution in [-0.4, -0.2) is 57.8 Å². The second-order valence-electron chi connectivity index (χ2n) is 9.51. The minimum absolute atomic E-state index is 0.184. The Morgan fingerprint density at radius 1 is 1.09 bits per heavy atom. The van der Waals surface area contributed by atoms with Crippen LogP contribution >= 0.6 is 0 Å². The van der Waals surface area contributed by atoms with E-state index in [9.17, 15) is 14.3 Å². The lowest BCUT2D eigenvalue weighted by Gasteiger charge is -2.38. The van der Waals surface area contributed by atoms with Gasteiger partial charge in [0, 0.05) is 19.6 Å². The fourth-order valence-electron chi connectivity index (χ4n) is 4.68.